The summed E-state index contributed by atoms with van der Waals surface area (Å²) in [5, 5.41) is 14.1. The maximum Gasteiger partial charge on any atom is 0.289 e. The molecule has 1 N–H and O–H groups in total. The molecule has 0 aromatic heterocycles. The van der Waals surface area contributed by atoms with Crippen LogP contribution < -0.4 is 5.32 Å². The predicted molar refractivity (Wildman–Crippen MR) is 63.9 cm³/mol. The molecule has 0 saturated heterocycles. The average Bonchev–Trinajstić information content (AvgIpc) is 2.17. The van der Waals surface area contributed by atoms with E-state index < -0.39 is 4.92 Å². The number of halogens is 1. The molecule has 0 bridgehead atoms. The van der Waals surface area contributed by atoms with Gasteiger partial charge in [-0.1, -0.05) is 18.0 Å². The number of hydrogen-bond acceptors (Lipinski definition) is 3. The number of rotatable bonds is 4. The summed E-state index contributed by atoms with van der Waals surface area (Å²) in [6.07, 6.45) is 3.80. The van der Waals surface area contributed by atoms with Crippen molar-refractivity contribution >= 4 is 23.0 Å². The van der Waals surface area contributed by atoms with Gasteiger partial charge in [0.25, 0.3) is 5.69 Å². The van der Waals surface area contributed by atoms with Crippen LogP contribution in [0.25, 0.3) is 0 Å². The highest BCUT2D eigenvalue weighted by atomic mass is 35.5. The molecular weight excluding hydrogens is 228 g/mol. The molecule has 1 saturated carbocycles. The summed E-state index contributed by atoms with van der Waals surface area (Å²) < 4.78 is 0. The van der Waals surface area contributed by atoms with Gasteiger partial charge in [0.1, 0.15) is 5.02 Å². The van der Waals surface area contributed by atoms with Crippen molar-refractivity contribution in [3.63, 3.8) is 0 Å². The Morgan fingerprint density at radius 3 is 2.81 bits per heavy atom. The molecule has 2 rings (SSSR count). The lowest BCUT2D eigenvalue weighted by molar-refractivity contribution is -0.384. The van der Waals surface area contributed by atoms with Crippen molar-refractivity contribution < 1.29 is 4.92 Å². The first-order valence-electron chi connectivity index (χ1n) is 5.34. The van der Waals surface area contributed by atoms with Crippen LogP contribution in [0.1, 0.15) is 19.3 Å². The van der Waals surface area contributed by atoms with Gasteiger partial charge in [0, 0.05) is 18.3 Å². The number of anilines is 1. The fourth-order valence-corrected chi connectivity index (χ4v) is 1.91. The van der Waals surface area contributed by atoms with Crippen molar-refractivity contribution in [2.75, 3.05) is 11.9 Å². The van der Waals surface area contributed by atoms with Crippen molar-refractivity contribution in [1.29, 1.82) is 0 Å². The van der Waals surface area contributed by atoms with Gasteiger partial charge in [-0.2, -0.15) is 0 Å². The first kappa shape index (κ1) is 11.2. The van der Waals surface area contributed by atoms with Crippen LogP contribution >= 0.6 is 11.6 Å². The number of benzene rings is 1. The highest BCUT2D eigenvalue weighted by Crippen LogP contribution is 2.29. The molecule has 1 aliphatic rings. The molecular formula is C11H13ClN2O2. The Bertz CT molecular complexity index is 405. The minimum Gasteiger partial charge on any atom is -0.385 e. The Hall–Kier alpha value is -1.29. The van der Waals surface area contributed by atoms with Crippen molar-refractivity contribution in [3.8, 4) is 0 Å². The first-order chi connectivity index (χ1) is 7.66. The topological polar surface area (TPSA) is 55.2 Å². The fourth-order valence-electron chi connectivity index (χ4n) is 1.72. The quantitative estimate of drug-likeness (QED) is 0.648. The van der Waals surface area contributed by atoms with Gasteiger partial charge in [0.2, 0.25) is 0 Å². The van der Waals surface area contributed by atoms with E-state index in [1.807, 2.05) is 0 Å². The molecule has 0 radical (unpaired) electrons. The number of nitrogens with one attached hydrogen (secondary N) is 1. The van der Waals surface area contributed by atoms with E-state index in [1.54, 1.807) is 12.1 Å². The van der Waals surface area contributed by atoms with Gasteiger partial charge in [-0.25, -0.2) is 0 Å². The van der Waals surface area contributed by atoms with E-state index in [0.717, 1.165) is 18.2 Å². The van der Waals surface area contributed by atoms with Crippen LogP contribution in [0.3, 0.4) is 0 Å². The summed E-state index contributed by atoms with van der Waals surface area (Å²) in [6, 6.07) is 4.82. The molecule has 5 heteroatoms. The lowest BCUT2D eigenvalue weighted by atomic mass is 9.85. The van der Waals surface area contributed by atoms with Gasteiger partial charge < -0.3 is 5.32 Å². The van der Waals surface area contributed by atoms with E-state index >= 15 is 0 Å². The molecule has 1 fully saturated rings. The second kappa shape index (κ2) is 4.70. The lowest BCUT2D eigenvalue weighted by Crippen LogP contribution is -2.20. The maximum atomic E-state index is 10.7. The zero-order valence-electron chi connectivity index (χ0n) is 8.78. The zero-order chi connectivity index (χ0) is 11.5. The number of nitro groups is 1. The average molecular weight is 241 g/mol. The van der Waals surface area contributed by atoms with Crippen LogP contribution in [-0.4, -0.2) is 11.5 Å². The summed E-state index contributed by atoms with van der Waals surface area (Å²) in [7, 11) is 0. The second-order valence-electron chi connectivity index (χ2n) is 4.10. The van der Waals surface area contributed by atoms with Crippen molar-refractivity contribution in [2.45, 2.75) is 19.3 Å². The van der Waals surface area contributed by atoms with Crippen LogP contribution in [0.4, 0.5) is 11.4 Å². The molecule has 1 aliphatic carbocycles. The normalized spacial score (nSPS) is 15.6. The van der Waals surface area contributed by atoms with E-state index in [2.05, 4.69) is 5.32 Å². The first-order valence-corrected chi connectivity index (χ1v) is 5.72. The maximum absolute atomic E-state index is 10.7. The lowest BCUT2D eigenvalue weighted by Gasteiger charge is -2.25. The summed E-state index contributed by atoms with van der Waals surface area (Å²) in [4.78, 5) is 10.2. The summed E-state index contributed by atoms with van der Waals surface area (Å²) in [6.45, 7) is 0.888. The highest BCUT2D eigenvalue weighted by molar-refractivity contribution is 6.32. The fraction of sp³-hybridized carbons (Fsp3) is 0.455. The van der Waals surface area contributed by atoms with Crippen LogP contribution in [0.2, 0.25) is 5.02 Å². The number of nitro benzene ring substituents is 1. The van der Waals surface area contributed by atoms with E-state index in [1.165, 1.54) is 25.3 Å². The monoisotopic (exact) mass is 240 g/mol. The van der Waals surface area contributed by atoms with Gasteiger partial charge in [0.05, 0.1) is 4.92 Å². The second-order valence-corrected chi connectivity index (χ2v) is 4.51. The van der Waals surface area contributed by atoms with Gasteiger partial charge in [-0.15, -0.1) is 0 Å². The van der Waals surface area contributed by atoms with Crippen LogP contribution in [0, 0.1) is 16.0 Å². The summed E-state index contributed by atoms with van der Waals surface area (Å²) in [5.41, 5.74) is 0.725. The van der Waals surface area contributed by atoms with Crippen LogP contribution in [0.15, 0.2) is 18.2 Å². The summed E-state index contributed by atoms with van der Waals surface area (Å²) in [5.74, 6) is 0.717. The molecule has 1 aromatic rings. The largest absolute Gasteiger partial charge is 0.385 e. The van der Waals surface area contributed by atoms with Crippen molar-refractivity contribution in [3.05, 3.63) is 33.3 Å². The molecule has 0 unspecified atom stereocenters. The molecule has 4 nitrogen and oxygen atoms in total. The van der Waals surface area contributed by atoms with Crippen LogP contribution in [0.5, 0.6) is 0 Å². The number of nitrogens with zero attached hydrogens (tertiary/aromatic N) is 1. The summed E-state index contributed by atoms with van der Waals surface area (Å²) >= 11 is 5.72. The van der Waals surface area contributed by atoms with Gasteiger partial charge in [0.15, 0.2) is 0 Å². The van der Waals surface area contributed by atoms with E-state index in [-0.39, 0.29) is 10.7 Å². The van der Waals surface area contributed by atoms with E-state index in [0.29, 0.717) is 0 Å². The highest BCUT2D eigenvalue weighted by Gasteiger charge is 2.17. The van der Waals surface area contributed by atoms with Crippen molar-refractivity contribution in [1.82, 2.24) is 0 Å². The molecule has 0 amide bonds. The molecule has 0 aliphatic heterocycles. The smallest absolute Gasteiger partial charge is 0.289 e. The Kier molecular flexibility index (Phi) is 3.29. The molecule has 0 heterocycles. The Labute approximate surface area is 98.8 Å². The predicted octanol–water partition coefficient (Wildman–Crippen LogP) is 3.46. The molecule has 0 spiro atoms. The third-order valence-corrected chi connectivity index (χ3v) is 3.28. The third kappa shape index (κ3) is 2.44. The van der Waals surface area contributed by atoms with E-state index in [4.69, 9.17) is 11.6 Å². The molecule has 86 valence electrons. The Morgan fingerprint density at radius 1 is 1.50 bits per heavy atom. The SMILES string of the molecule is O=[N+]([O-])c1cc(NCC2CCC2)ccc1Cl. The van der Waals surface area contributed by atoms with Gasteiger partial charge in [-0.05, 0) is 30.9 Å². The molecule has 1 aromatic carbocycles. The minimum atomic E-state index is -0.461. The van der Waals surface area contributed by atoms with Crippen LogP contribution in [-0.2, 0) is 0 Å². The van der Waals surface area contributed by atoms with Gasteiger partial charge in [-0.3, -0.25) is 10.1 Å². The Balaban J connectivity index is 2.03. The molecule has 0 atom stereocenters. The standard InChI is InChI=1S/C11H13ClN2O2/c12-10-5-4-9(6-11(10)14(15)16)13-7-8-2-1-3-8/h4-6,8,13H,1-3,7H2. The van der Waals surface area contributed by atoms with Crippen molar-refractivity contribution in [2.24, 2.45) is 5.92 Å². The van der Waals surface area contributed by atoms with E-state index in [9.17, 15) is 10.1 Å². The van der Waals surface area contributed by atoms with Gasteiger partial charge >= 0.3 is 0 Å². The zero-order valence-corrected chi connectivity index (χ0v) is 9.54. The minimum absolute atomic E-state index is 0.0414. The number of hydrogen-bond donors (Lipinski definition) is 1. The Morgan fingerprint density at radius 2 is 2.25 bits per heavy atom. The third-order valence-electron chi connectivity index (χ3n) is 2.96. The molecule has 16 heavy (non-hydrogen) atoms.